The Morgan fingerprint density at radius 2 is 1.37 bits per heavy atom. The predicted molar refractivity (Wildman–Crippen MR) is 118 cm³/mol. The SMILES string of the molecule is CCC(=Cc1ccc(OC)cc1)C(=O)O.CCOC(=O)C=Cc1ccc(OC)cc1. The van der Waals surface area contributed by atoms with E-state index in [2.05, 4.69) is 0 Å². The third-order valence-electron chi connectivity index (χ3n) is 3.93. The van der Waals surface area contributed by atoms with Gasteiger partial charge in [-0.25, -0.2) is 9.59 Å². The van der Waals surface area contributed by atoms with Crippen LogP contribution in [0.15, 0.2) is 60.2 Å². The zero-order valence-corrected chi connectivity index (χ0v) is 17.8. The number of carbonyl (C=O) groups is 2. The van der Waals surface area contributed by atoms with Crippen LogP contribution >= 0.6 is 0 Å². The van der Waals surface area contributed by atoms with Crippen molar-refractivity contribution < 1.29 is 28.9 Å². The van der Waals surface area contributed by atoms with E-state index >= 15 is 0 Å². The highest BCUT2D eigenvalue weighted by atomic mass is 16.5. The number of carboxylic acid groups (broad SMARTS) is 1. The maximum absolute atomic E-state index is 11.0. The van der Waals surface area contributed by atoms with Crippen LogP contribution in [0.25, 0.3) is 12.2 Å². The molecule has 2 rings (SSSR count). The third-order valence-corrected chi connectivity index (χ3v) is 3.93. The van der Waals surface area contributed by atoms with Crippen molar-refractivity contribution in [2.45, 2.75) is 20.3 Å². The van der Waals surface area contributed by atoms with E-state index in [4.69, 9.17) is 19.3 Å². The molecule has 0 aliphatic carbocycles. The fraction of sp³-hybridized carbons (Fsp3) is 0.250. The van der Waals surface area contributed by atoms with Gasteiger partial charge in [0, 0.05) is 11.6 Å². The Kier molecular flexibility index (Phi) is 11.1. The summed E-state index contributed by atoms with van der Waals surface area (Å²) in [6, 6.07) is 14.7. The number of ether oxygens (including phenoxy) is 3. The van der Waals surface area contributed by atoms with Crippen LogP contribution in [0.5, 0.6) is 11.5 Å². The molecule has 0 aromatic heterocycles. The molecule has 0 bridgehead atoms. The summed E-state index contributed by atoms with van der Waals surface area (Å²) in [7, 11) is 3.21. The van der Waals surface area contributed by atoms with Crippen molar-refractivity contribution in [3.63, 3.8) is 0 Å². The van der Waals surface area contributed by atoms with Crippen molar-refractivity contribution in [1.29, 1.82) is 0 Å². The van der Waals surface area contributed by atoms with Crippen molar-refractivity contribution in [1.82, 2.24) is 0 Å². The number of benzene rings is 2. The Labute approximate surface area is 177 Å². The van der Waals surface area contributed by atoms with Crippen LogP contribution in [0, 0.1) is 0 Å². The molecule has 0 spiro atoms. The highest BCUT2D eigenvalue weighted by Crippen LogP contribution is 2.15. The second kappa shape index (κ2) is 13.6. The van der Waals surface area contributed by atoms with E-state index in [9.17, 15) is 9.59 Å². The van der Waals surface area contributed by atoms with Gasteiger partial charge in [0.25, 0.3) is 0 Å². The van der Waals surface area contributed by atoms with Crippen LogP contribution < -0.4 is 9.47 Å². The highest BCUT2D eigenvalue weighted by molar-refractivity contribution is 5.92. The zero-order valence-electron chi connectivity index (χ0n) is 17.8. The summed E-state index contributed by atoms with van der Waals surface area (Å²) in [5.74, 6) is 0.366. The molecular weight excluding hydrogens is 384 g/mol. The molecule has 6 nitrogen and oxygen atoms in total. The van der Waals surface area contributed by atoms with Crippen molar-refractivity contribution >= 4 is 24.1 Å². The summed E-state index contributed by atoms with van der Waals surface area (Å²) in [4.78, 5) is 21.8. The van der Waals surface area contributed by atoms with Gasteiger partial charge in [0.05, 0.1) is 20.8 Å². The summed E-state index contributed by atoms with van der Waals surface area (Å²) >= 11 is 0. The standard InChI is InChI=1S/2C12H14O3/c1-3-15-12(13)9-6-10-4-7-11(14-2)8-5-10;1-3-10(12(13)14)8-9-4-6-11(15-2)7-5-9/h4-9H,3H2,1-2H3;4-8H,3H2,1-2H3,(H,13,14). The monoisotopic (exact) mass is 412 g/mol. The van der Waals surface area contributed by atoms with Crippen LogP contribution in [-0.2, 0) is 14.3 Å². The Hall–Kier alpha value is -3.54. The molecule has 0 aliphatic rings. The molecule has 0 fully saturated rings. The van der Waals surface area contributed by atoms with Gasteiger partial charge in [-0.05, 0) is 60.9 Å². The average Bonchev–Trinajstić information content (AvgIpc) is 2.77. The van der Waals surface area contributed by atoms with E-state index in [1.165, 1.54) is 6.08 Å². The summed E-state index contributed by atoms with van der Waals surface area (Å²) in [6.07, 6.45) is 5.30. The van der Waals surface area contributed by atoms with Crippen LogP contribution in [-0.4, -0.2) is 37.9 Å². The lowest BCUT2D eigenvalue weighted by Crippen LogP contribution is -1.98. The second-order valence-electron chi connectivity index (χ2n) is 5.96. The maximum atomic E-state index is 11.0. The van der Waals surface area contributed by atoms with Gasteiger partial charge in [0.2, 0.25) is 0 Å². The molecule has 30 heavy (non-hydrogen) atoms. The van der Waals surface area contributed by atoms with Gasteiger partial charge in [-0.1, -0.05) is 31.2 Å². The van der Waals surface area contributed by atoms with Gasteiger partial charge in [0.15, 0.2) is 0 Å². The maximum Gasteiger partial charge on any atom is 0.331 e. The van der Waals surface area contributed by atoms with Crippen LogP contribution in [0.1, 0.15) is 31.4 Å². The normalized spacial score (nSPS) is 10.7. The highest BCUT2D eigenvalue weighted by Gasteiger charge is 2.03. The molecule has 0 amide bonds. The van der Waals surface area contributed by atoms with Crippen LogP contribution in [0.4, 0.5) is 0 Å². The van der Waals surface area contributed by atoms with E-state index in [-0.39, 0.29) is 5.97 Å². The van der Waals surface area contributed by atoms with Crippen molar-refractivity contribution in [2.75, 3.05) is 20.8 Å². The predicted octanol–water partition coefficient (Wildman–Crippen LogP) is 4.84. The van der Waals surface area contributed by atoms with Gasteiger partial charge < -0.3 is 19.3 Å². The molecule has 0 radical (unpaired) electrons. The van der Waals surface area contributed by atoms with E-state index in [1.807, 2.05) is 43.3 Å². The lowest BCUT2D eigenvalue weighted by atomic mass is 10.1. The van der Waals surface area contributed by atoms with Crippen molar-refractivity contribution in [3.8, 4) is 11.5 Å². The van der Waals surface area contributed by atoms with Gasteiger partial charge in [-0.15, -0.1) is 0 Å². The Bertz CT molecular complexity index is 846. The summed E-state index contributed by atoms with van der Waals surface area (Å²) in [5, 5.41) is 8.84. The van der Waals surface area contributed by atoms with E-state index in [1.54, 1.807) is 45.4 Å². The number of carboxylic acids is 1. The zero-order chi connectivity index (χ0) is 22.4. The summed E-state index contributed by atoms with van der Waals surface area (Å²) < 4.78 is 14.8. The average molecular weight is 412 g/mol. The van der Waals surface area contributed by atoms with E-state index in [0.29, 0.717) is 18.6 Å². The minimum atomic E-state index is -0.867. The summed E-state index contributed by atoms with van der Waals surface area (Å²) in [5.41, 5.74) is 2.21. The van der Waals surface area contributed by atoms with Crippen LogP contribution in [0.3, 0.4) is 0 Å². The molecule has 0 heterocycles. The van der Waals surface area contributed by atoms with Gasteiger partial charge in [-0.3, -0.25) is 0 Å². The fourth-order valence-corrected chi connectivity index (χ4v) is 2.29. The van der Waals surface area contributed by atoms with Gasteiger partial charge >= 0.3 is 11.9 Å². The quantitative estimate of drug-likeness (QED) is 0.493. The van der Waals surface area contributed by atoms with Crippen molar-refractivity contribution in [3.05, 3.63) is 71.3 Å². The first-order valence-electron chi connectivity index (χ1n) is 9.50. The number of esters is 1. The number of methoxy groups -OCH3 is 2. The molecule has 6 heteroatoms. The molecule has 1 N–H and O–H groups in total. The first-order valence-corrected chi connectivity index (χ1v) is 9.50. The van der Waals surface area contributed by atoms with E-state index in [0.717, 1.165) is 22.6 Å². The van der Waals surface area contributed by atoms with Gasteiger partial charge in [0.1, 0.15) is 11.5 Å². The fourth-order valence-electron chi connectivity index (χ4n) is 2.29. The number of aliphatic carboxylic acids is 1. The molecular formula is C24H28O6. The molecule has 0 saturated carbocycles. The number of hydrogen-bond donors (Lipinski definition) is 1. The van der Waals surface area contributed by atoms with Gasteiger partial charge in [-0.2, -0.15) is 0 Å². The first-order chi connectivity index (χ1) is 14.4. The number of hydrogen-bond acceptors (Lipinski definition) is 5. The molecule has 2 aromatic carbocycles. The Morgan fingerprint density at radius 3 is 1.77 bits per heavy atom. The minimum absolute atomic E-state index is 0.326. The number of carbonyl (C=O) groups excluding carboxylic acids is 1. The minimum Gasteiger partial charge on any atom is -0.497 e. The Balaban J connectivity index is 0.000000300. The third kappa shape index (κ3) is 9.10. The molecule has 160 valence electrons. The molecule has 2 aromatic rings. The number of rotatable bonds is 8. The van der Waals surface area contributed by atoms with Crippen LogP contribution in [0.2, 0.25) is 0 Å². The van der Waals surface area contributed by atoms with Crippen molar-refractivity contribution in [2.24, 2.45) is 0 Å². The Morgan fingerprint density at radius 1 is 0.867 bits per heavy atom. The largest absolute Gasteiger partial charge is 0.497 e. The molecule has 0 unspecified atom stereocenters. The molecule has 0 saturated heterocycles. The topological polar surface area (TPSA) is 82.1 Å². The lowest BCUT2D eigenvalue weighted by molar-refractivity contribution is -0.137. The molecule has 0 aliphatic heterocycles. The second-order valence-corrected chi connectivity index (χ2v) is 5.96. The van der Waals surface area contributed by atoms with E-state index < -0.39 is 5.97 Å². The lowest BCUT2D eigenvalue weighted by Gasteiger charge is -2.01. The summed E-state index contributed by atoms with van der Waals surface area (Å²) in [6.45, 7) is 3.99. The molecule has 0 atom stereocenters. The smallest absolute Gasteiger partial charge is 0.331 e. The first kappa shape index (κ1) is 24.5.